The number of pyridine rings is 1. The Morgan fingerprint density at radius 2 is 2.00 bits per heavy atom. The Morgan fingerprint density at radius 1 is 1.19 bits per heavy atom. The van der Waals surface area contributed by atoms with E-state index in [-0.39, 0.29) is 16.9 Å². The van der Waals surface area contributed by atoms with E-state index in [2.05, 4.69) is 20.5 Å². The number of aryl methyl sites for hydroxylation is 2. The highest BCUT2D eigenvalue weighted by Gasteiger charge is 2.22. The molecule has 0 saturated heterocycles. The van der Waals surface area contributed by atoms with Gasteiger partial charge in [-0.3, -0.25) is 9.48 Å². The molecule has 0 aliphatic rings. The third kappa shape index (κ3) is 4.21. The van der Waals surface area contributed by atoms with Gasteiger partial charge in [-0.05, 0) is 36.6 Å². The van der Waals surface area contributed by atoms with Crippen LogP contribution in [0, 0.1) is 18.3 Å². The van der Waals surface area contributed by atoms with Crippen molar-refractivity contribution in [2.24, 2.45) is 7.05 Å². The monoisotopic (exact) mass is 497 g/mol. The minimum absolute atomic E-state index is 0.181. The van der Waals surface area contributed by atoms with Crippen molar-refractivity contribution >= 4 is 40.1 Å². The molecule has 10 nitrogen and oxygen atoms in total. The number of fused-ring (bicyclic) bond motifs is 1. The lowest BCUT2D eigenvalue weighted by Crippen LogP contribution is -2.23. The van der Waals surface area contributed by atoms with E-state index < -0.39 is 18.5 Å². The molecule has 1 amide bonds. The number of rotatable bonds is 6. The van der Waals surface area contributed by atoms with Crippen molar-refractivity contribution in [1.82, 2.24) is 24.5 Å². The zero-order valence-electron chi connectivity index (χ0n) is 19.3. The van der Waals surface area contributed by atoms with Gasteiger partial charge in [-0.15, -0.1) is 11.3 Å². The zero-order valence-corrected chi connectivity index (χ0v) is 20.1. The van der Waals surface area contributed by atoms with Crippen molar-refractivity contribution < 1.29 is 14.3 Å². The topological polar surface area (TPSA) is 128 Å². The summed E-state index contributed by atoms with van der Waals surface area (Å²) in [5.74, 6) is -1.09. The Bertz CT molecular complexity index is 1630. The zero-order chi connectivity index (χ0) is 25.2. The number of para-hydroxylation sites is 1. The second kappa shape index (κ2) is 9.44. The molecule has 0 bridgehead atoms. The SMILES string of the molecule is Cc1nn(C)c2nc(-c3cccs3)cc(C(=O)OCC(=O)Nc3c(C#N)cnn3-c3ccccc3)c12. The Kier molecular flexibility index (Phi) is 6.02. The molecule has 5 rings (SSSR count). The van der Waals surface area contributed by atoms with E-state index in [9.17, 15) is 14.9 Å². The number of carbonyl (C=O) groups is 2. The van der Waals surface area contributed by atoms with Gasteiger partial charge < -0.3 is 10.1 Å². The van der Waals surface area contributed by atoms with Crippen LogP contribution in [-0.4, -0.2) is 43.0 Å². The number of hydrogen-bond acceptors (Lipinski definition) is 8. The summed E-state index contributed by atoms with van der Waals surface area (Å²) >= 11 is 1.50. The first-order chi connectivity index (χ1) is 17.5. The first-order valence-corrected chi connectivity index (χ1v) is 11.7. The molecule has 0 fully saturated rings. The maximum atomic E-state index is 13.1. The Balaban J connectivity index is 1.39. The van der Waals surface area contributed by atoms with Crippen LogP contribution in [0.3, 0.4) is 0 Å². The fourth-order valence-corrected chi connectivity index (χ4v) is 4.54. The third-order valence-corrected chi connectivity index (χ3v) is 6.34. The van der Waals surface area contributed by atoms with E-state index in [1.165, 1.54) is 22.2 Å². The summed E-state index contributed by atoms with van der Waals surface area (Å²) in [4.78, 5) is 31.4. The second-order valence-electron chi connectivity index (χ2n) is 7.83. The molecule has 0 radical (unpaired) electrons. The fraction of sp³-hybridized carbons (Fsp3) is 0.120. The summed E-state index contributed by atoms with van der Waals surface area (Å²) in [6.07, 6.45) is 1.36. The van der Waals surface area contributed by atoms with Crippen LogP contribution in [0.15, 0.2) is 60.1 Å². The van der Waals surface area contributed by atoms with E-state index in [0.717, 1.165) is 4.88 Å². The molecule has 5 aromatic rings. The lowest BCUT2D eigenvalue weighted by molar-refractivity contribution is -0.119. The van der Waals surface area contributed by atoms with Crippen LogP contribution in [0.1, 0.15) is 21.6 Å². The maximum Gasteiger partial charge on any atom is 0.339 e. The molecule has 4 aromatic heterocycles. The minimum atomic E-state index is -0.677. The summed E-state index contributed by atoms with van der Waals surface area (Å²) in [5, 5.41) is 23.1. The first kappa shape index (κ1) is 22.9. The number of anilines is 1. The summed E-state index contributed by atoms with van der Waals surface area (Å²) in [6, 6.07) is 16.5. The number of ether oxygens (including phenoxy) is 1. The number of hydrogen-bond donors (Lipinski definition) is 1. The summed E-state index contributed by atoms with van der Waals surface area (Å²) in [6.45, 7) is 1.23. The van der Waals surface area contributed by atoms with Crippen LogP contribution in [0.5, 0.6) is 0 Å². The molecule has 1 N–H and O–H groups in total. The Hall–Kier alpha value is -4.82. The molecule has 0 atom stereocenters. The van der Waals surface area contributed by atoms with Gasteiger partial charge in [-0.25, -0.2) is 14.5 Å². The first-order valence-electron chi connectivity index (χ1n) is 10.8. The molecule has 0 aliphatic carbocycles. The van der Waals surface area contributed by atoms with Gasteiger partial charge >= 0.3 is 5.97 Å². The van der Waals surface area contributed by atoms with Gasteiger partial charge in [0.15, 0.2) is 18.1 Å². The summed E-state index contributed by atoms with van der Waals surface area (Å²) in [7, 11) is 1.76. The predicted molar refractivity (Wildman–Crippen MR) is 134 cm³/mol. The van der Waals surface area contributed by atoms with Crippen molar-refractivity contribution in [2.45, 2.75) is 6.92 Å². The average Bonchev–Trinajstić information content (AvgIpc) is 3.63. The number of thiophene rings is 1. The minimum Gasteiger partial charge on any atom is -0.452 e. The largest absolute Gasteiger partial charge is 0.452 e. The maximum absolute atomic E-state index is 13.1. The smallest absolute Gasteiger partial charge is 0.339 e. The van der Waals surface area contributed by atoms with E-state index in [1.807, 2.05) is 41.8 Å². The average molecular weight is 498 g/mol. The van der Waals surface area contributed by atoms with Crippen LogP contribution < -0.4 is 5.32 Å². The summed E-state index contributed by atoms with van der Waals surface area (Å²) < 4.78 is 8.43. The molecule has 0 spiro atoms. The predicted octanol–water partition coefficient (Wildman–Crippen LogP) is 3.86. The number of carbonyl (C=O) groups excluding carboxylic acids is 2. The highest BCUT2D eigenvalue weighted by atomic mass is 32.1. The molecule has 1 aromatic carbocycles. The molecule has 36 heavy (non-hydrogen) atoms. The molecule has 0 aliphatic heterocycles. The second-order valence-corrected chi connectivity index (χ2v) is 8.78. The van der Waals surface area contributed by atoms with Crippen LogP contribution in [-0.2, 0) is 16.6 Å². The molecule has 178 valence electrons. The van der Waals surface area contributed by atoms with Gasteiger partial charge in [0.25, 0.3) is 5.91 Å². The number of esters is 1. The number of benzene rings is 1. The molecular formula is C25H19N7O3S. The van der Waals surface area contributed by atoms with Crippen molar-refractivity contribution in [3.05, 3.63) is 76.9 Å². The quantitative estimate of drug-likeness (QED) is 0.353. The fourth-order valence-electron chi connectivity index (χ4n) is 3.85. The molecule has 11 heteroatoms. The van der Waals surface area contributed by atoms with Crippen LogP contribution >= 0.6 is 11.3 Å². The van der Waals surface area contributed by atoms with E-state index in [4.69, 9.17) is 4.74 Å². The van der Waals surface area contributed by atoms with E-state index in [0.29, 0.717) is 28.1 Å². The van der Waals surface area contributed by atoms with Crippen molar-refractivity contribution in [1.29, 1.82) is 5.26 Å². The van der Waals surface area contributed by atoms with Crippen LogP contribution in [0.2, 0.25) is 0 Å². The number of nitriles is 1. The van der Waals surface area contributed by atoms with Gasteiger partial charge in [0.05, 0.1) is 39.1 Å². The van der Waals surface area contributed by atoms with Gasteiger partial charge in [-0.2, -0.15) is 15.5 Å². The van der Waals surface area contributed by atoms with Crippen molar-refractivity contribution in [2.75, 3.05) is 11.9 Å². The molecule has 4 heterocycles. The van der Waals surface area contributed by atoms with E-state index in [1.54, 1.807) is 36.9 Å². The molecule has 0 saturated carbocycles. The number of aromatic nitrogens is 5. The van der Waals surface area contributed by atoms with Gasteiger partial charge in [-0.1, -0.05) is 24.3 Å². The standard InChI is InChI=1S/C25H19N7O3S/c1-15-22-18(11-19(20-9-6-10-36-20)28-24(22)31(2)30-15)25(34)35-14-21(33)29-23-16(12-26)13-27-32(23)17-7-4-3-5-8-17/h3-11,13H,14H2,1-2H3,(H,29,33). The lowest BCUT2D eigenvalue weighted by atomic mass is 10.1. The van der Waals surface area contributed by atoms with Gasteiger partial charge in [0.2, 0.25) is 0 Å². The van der Waals surface area contributed by atoms with Gasteiger partial charge in [0.1, 0.15) is 11.6 Å². The molecule has 0 unspecified atom stereocenters. The molecular weight excluding hydrogens is 478 g/mol. The van der Waals surface area contributed by atoms with Crippen molar-refractivity contribution in [3.63, 3.8) is 0 Å². The Labute approximate surface area is 209 Å². The normalized spacial score (nSPS) is 10.8. The highest BCUT2D eigenvalue weighted by Crippen LogP contribution is 2.29. The number of nitrogens with one attached hydrogen (secondary N) is 1. The van der Waals surface area contributed by atoms with E-state index >= 15 is 0 Å². The number of amides is 1. The Morgan fingerprint density at radius 3 is 2.72 bits per heavy atom. The van der Waals surface area contributed by atoms with Crippen LogP contribution in [0.25, 0.3) is 27.3 Å². The highest BCUT2D eigenvalue weighted by molar-refractivity contribution is 7.13. The number of nitrogens with zero attached hydrogens (tertiary/aromatic N) is 6. The summed E-state index contributed by atoms with van der Waals surface area (Å²) in [5.41, 5.74) is 2.90. The third-order valence-electron chi connectivity index (χ3n) is 5.44. The van der Waals surface area contributed by atoms with Gasteiger partial charge in [0, 0.05) is 7.05 Å². The lowest BCUT2D eigenvalue weighted by Gasteiger charge is -2.11. The van der Waals surface area contributed by atoms with Crippen molar-refractivity contribution in [3.8, 4) is 22.3 Å². The van der Waals surface area contributed by atoms with Crippen LogP contribution in [0.4, 0.5) is 5.82 Å².